The van der Waals surface area contributed by atoms with Crippen molar-refractivity contribution in [2.75, 3.05) is 13.2 Å². The number of aliphatic hydroxyl groups excluding tert-OH is 2. The number of thiophene rings is 1. The second-order valence-corrected chi connectivity index (χ2v) is 4.96. The Morgan fingerprint density at radius 2 is 2.11 bits per heavy atom. The molecular formula is C12H17NO5S. The highest BCUT2D eigenvalue weighted by atomic mass is 32.1. The van der Waals surface area contributed by atoms with Crippen LogP contribution in [0.4, 0.5) is 0 Å². The zero-order valence-electron chi connectivity index (χ0n) is 10.5. The van der Waals surface area contributed by atoms with Crippen LogP contribution in [0.5, 0.6) is 0 Å². The Hall–Kier alpha value is -1.28. The molecule has 0 spiro atoms. The van der Waals surface area contributed by atoms with Crippen LogP contribution in [0.25, 0.3) is 0 Å². The zero-order chi connectivity index (χ0) is 14.4. The van der Waals surface area contributed by atoms with E-state index in [1.165, 1.54) is 12.1 Å². The number of aliphatic hydroxyl groups is 2. The van der Waals surface area contributed by atoms with Gasteiger partial charge in [-0.25, -0.2) is 4.79 Å². The van der Waals surface area contributed by atoms with Crippen LogP contribution in [0.1, 0.15) is 34.0 Å². The number of hydrogen-bond acceptors (Lipinski definition) is 7. The fourth-order valence-corrected chi connectivity index (χ4v) is 2.43. The third-order valence-electron chi connectivity index (χ3n) is 2.43. The van der Waals surface area contributed by atoms with Gasteiger partial charge in [-0.2, -0.15) is 0 Å². The largest absolute Gasteiger partial charge is 0.460 e. The first kappa shape index (κ1) is 15.8. The highest BCUT2D eigenvalue weighted by molar-refractivity contribution is 7.14. The Balaban J connectivity index is 2.76. The molecule has 0 aliphatic rings. The maximum atomic E-state index is 11.6. The average Bonchev–Trinajstić information content (AvgIpc) is 2.87. The molecule has 1 rings (SSSR count). The van der Waals surface area contributed by atoms with E-state index >= 15 is 0 Å². The van der Waals surface area contributed by atoms with E-state index in [4.69, 9.17) is 5.73 Å². The van der Waals surface area contributed by atoms with Crippen molar-refractivity contribution in [2.24, 2.45) is 5.73 Å². The molecule has 0 radical (unpaired) electrons. The average molecular weight is 287 g/mol. The van der Waals surface area contributed by atoms with E-state index in [2.05, 4.69) is 4.74 Å². The van der Waals surface area contributed by atoms with E-state index in [0.29, 0.717) is 4.88 Å². The molecule has 6 nitrogen and oxygen atoms in total. The molecule has 0 saturated heterocycles. The second-order valence-electron chi connectivity index (χ2n) is 3.84. The van der Waals surface area contributed by atoms with Gasteiger partial charge in [0.25, 0.3) is 5.78 Å². The van der Waals surface area contributed by atoms with Crippen molar-refractivity contribution in [3.63, 3.8) is 0 Å². The Morgan fingerprint density at radius 3 is 2.68 bits per heavy atom. The molecule has 1 aromatic heterocycles. The van der Waals surface area contributed by atoms with Crippen molar-refractivity contribution in [3.05, 3.63) is 21.9 Å². The maximum Gasteiger partial charge on any atom is 0.380 e. The number of Topliss-reactive ketones (excluding diaryl/α,β-unsaturated/α-hetero) is 1. The molecule has 2 unspecified atom stereocenters. The summed E-state index contributed by atoms with van der Waals surface area (Å²) < 4.78 is 4.60. The van der Waals surface area contributed by atoms with Gasteiger partial charge in [0.15, 0.2) is 0 Å². The van der Waals surface area contributed by atoms with Gasteiger partial charge in [0.1, 0.15) is 6.10 Å². The molecule has 0 amide bonds. The molecule has 0 aliphatic heterocycles. The number of carbonyl (C=O) groups excluding carboxylic acids is 2. The summed E-state index contributed by atoms with van der Waals surface area (Å²) in [6, 6.07) is 2.93. The standard InChI is InChI=1S/C12H17NO5S/c1-2-18-12(17)11(16)9-4-3-8(19-9)10(15)7(14)5-6-13/h3-4,7,10,14-15H,2,5-6,13H2,1H3. The van der Waals surface area contributed by atoms with Gasteiger partial charge in [0.05, 0.1) is 17.6 Å². The predicted octanol–water partition coefficient (Wildman–Crippen LogP) is 0.237. The number of hydrogen-bond donors (Lipinski definition) is 3. The molecule has 1 aromatic rings. The van der Waals surface area contributed by atoms with Crippen molar-refractivity contribution < 1.29 is 24.5 Å². The first-order chi connectivity index (χ1) is 9.01. The predicted molar refractivity (Wildman–Crippen MR) is 69.9 cm³/mol. The number of nitrogens with two attached hydrogens (primary N) is 1. The lowest BCUT2D eigenvalue weighted by atomic mass is 10.1. The molecule has 0 aliphatic carbocycles. The van der Waals surface area contributed by atoms with Crippen LogP contribution in [-0.4, -0.2) is 41.2 Å². The lowest BCUT2D eigenvalue weighted by molar-refractivity contribution is -0.137. The fourth-order valence-electron chi connectivity index (χ4n) is 1.45. The van der Waals surface area contributed by atoms with E-state index < -0.39 is 24.0 Å². The van der Waals surface area contributed by atoms with Crippen molar-refractivity contribution in [1.82, 2.24) is 0 Å². The third-order valence-corrected chi connectivity index (χ3v) is 3.58. The SMILES string of the molecule is CCOC(=O)C(=O)c1ccc(C(O)C(O)CCN)s1. The summed E-state index contributed by atoms with van der Waals surface area (Å²) >= 11 is 0.956. The normalized spacial score (nSPS) is 13.9. The molecule has 4 N–H and O–H groups in total. The fraction of sp³-hybridized carbons (Fsp3) is 0.500. The van der Waals surface area contributed by atoms with Gasteiger partial charge in [0.2, 0.25) is 0 Å². The number of ketones is 1. The van der Waals surface area contributed by atoms with Gasteiger partial charge in [0, 0.05) is 4.88 Å². The van der Waals surface area contributed by atoms with Gasteiger partial charge in [-0.15, -0.1) is 11.3 Å². The van der Waals surface area contributed by atoms with Crippen molar-refractivity contribution >= 4 is 23.1 Å². The minimum Gasteiger partial charge on any atom is -0.460 e. The van der Waals surface area contributed by atoms with Gasteiger partial charge < -0.3 is 20.7 Å². The molecule has 0 fully saturated rings. The van der Waals surface area contributed by atoms with E-state index in [-0.39, 0.29) is 24.4 Å². The topological polar surface area (TPSA) is 110 Å². The molecule has 106 valence electrons. The van der Waals surface area contributed by atoms with Crippen LogP contribution in [0.2, 0.25) is 0 Å². The van der Waals surface area contributed by atoms with Crippen molar-refractivity contribution in [2.45, 2.75) is 25.6 Å². The van der Waals surface area contributed by atoms with Crippen LogP contribution < -0.4 is 5.73 Å². The summed E-state index contributed by atoms with van der Waals surface area (Å²) in [7, 11) is 0. The van der Waals surface area contributed by atoms with Gasteiger partial charge >= 0.3 is 5.97 Å². The van der Waals surface area contributed by atoms with Crippen LogP contribution in [-0.2, 0) is 9.53 Å². The molecule has 0 aromatic carbocycles. The summed E-state index contributed by atoms with van der Waals surface area (Å²) in [5.41, 5.74) is 5.29. The van der Waals surface area contributed by atoms with Crippen LogP contribution >= 0.6 is 11.3 Å². The Bertz CT molecular complexity index is 445. The lowest BCUT2D eigenvalue weighted by Crippen LogP contribution is -2.21. The van der Waals surface area contributed by atoms with Crippen molar-refractivity contribution in [3.8, 4) is 0 Å². The maximum absolute atomic E-state index is 11.6. The smallest absolute Gasteiger partial charge is 0.380 e. The van der Waals surface area contributed by atoms with Crippen LogP contribution in [0.3, 0.4) is 0 Å². The Morgan fingerprint density at radius 1 is 1.42 bits per heavy atom. The minimum absolute atomic E-state index is 0.126. The van der Waals surface area contributed by atoms with Gasteiger partial charge in [-0.05, 0) is 32.0 Å². The zero-order valence-corrected chi connectivity index (χ0v) is 11.4. The highest BCUT2D eigenvalue weighted by Crippen LogP contribution is 2.27. The number of carbonyl (C=O) groups is 2. The number of rotatable bonds is 7. The van der Waals surface area contributed by atoms with E-state index in [9.17, 15) is 19.8 Å². The van der Waals surface area contributed by atoms with E-state index in [1.807, 2.05) is 0 Å². The summed E-state index contributed by atoms with van der Waals surface area (Å²) in [4.78, 5) is 23.5. The summed E-state index contributed by atoms with van der Waals surface area (Å²) in [6.07, 6.45) is -1.85. The monoisotopic (exact) mass is 287 g/mol. The van der Waals surface area contributed by atoms with E-state index in [1.54, 1.807) is 6.92 Å². The molecule has 1 heterocycles. The second kappa shape index (κ2) is 7.34. The van der Waals surface area contributed by atoms with Gasteiger partial charge in [-0.3, -0.25) is 4.79 Å². The molecule has 2 atom stereocenters. The molecule has 19 heavy (non-hydrogen) atoms. The number of ether oxygens (including phenoxy) is 1. The lowest BCUT2D eigenvalue weighted by Gasteiger charge is -2.15. The first-order valence-corrected chi connectivity index (χ1v) is 6.70. The third kappa shape index (κ3) is 4.10. The molecule has 7 heteroatoms. The summed E-state index contributed by atoms with van der Waals surface area (Å²) in [6.45, 7) is 1.98. The molecule has 0 bridgehead atoms. The summed E-state index contributed by atoms with van der Waals surface area (Å²) in [5.74, 6) is -1.67. The minimum atomic E-state index is -1.11. The van der Waals surface area contributed by atoms with Crippen LogP contribution in [0.15, 0.2) is 12.1 Å². The van der Waals surface area contributed by atoms with Crippen LogP contribution in [0, 0.1) is 0 Å². The Labute approximate surface area is 114 Å². The van der Waals surface area contributed by atoms with E-state index in [0.717, 1.165) is 11.3 Å². The summed E-state index contributed by atoms with van der Waals surface area (Å²) in [5, 5.41) is 19.4. The van der Waals surface area contributed by atoms with Crippen molar-refractivity contribution in [1.29, 1.82) is 0 Å². The molecular weight excluding hydrogens is 270 g/mol. The first-order valence-electron chi connectivity index (χ1n) is 5.88. The van der Waals surface area contributed by atoms with Gasteiger partial charge in [-0.1, -0.05) is 0 Å². The Kier molecular flexibility index (Phi) is 6.10. The number of esters is 1. The quantitative estimate of drug-likeness (QED) is 0.376. The molecule has 0 saturated carbocycles. The highest BCUT2D eigenvalue weighted by Gasteiger charge is 2.24.